The Kier molecular flexibility index (Phi) is 4.93. The van der Waals surface area contributed by atoms with Crippen molar-refractivity contribution in [3.63, 3.8) is 0 Å². The van der Waals surface area contributed by atoms with Gasteiger partial charge in [-0.25, -0.2) is 4.68 Å². The number of amides is 1. The Hall–Kier alpha value is -3.97. The van der Waals surface area contributed by atoms with E-state index in [9.17, 15) is 4.79 Å². The maximum absolute atomic E-state index is 12.5. The standard InChI is InChI=1S/C23H17ClN6O/c24-18-10-8-16(9-11-18)20-13-19(15-5-2-1-3-6-15)26-23-28-22(29-30(20)23)27-21(31)17-7-4-12-25-14-17/h1-14,20H,(H2,26,27,28,29,31). The van der Waals surface area contributed by atoms with Crippen molar-refractivity contribution >= 4 is 35.1 Å². The van der Waals surface area contributed by atoms with Gasteiger partial charge >= 0.3 is 0 Å². The van der Waals surface area contributed by atoms with Gasteiger partial charge in [0.15, 0.2) is 0 Å². The molecule has 4 aromatic rings. The summed E-state index contributed by atoms with van der Waals surface area (Å²) in [5.41, 5.74) is 3.36. The Labute approximate surface area is 183 Å². The molecule has 0 radical (unpaired) electrons. The summed E-state index contributed by atoms with van der Waals surface area (Å²) in [5, 5.41) is 11.3. The SMILES string of the molecule is O=C(Nc1nc2n(n1)C(c1ccc(Cl)cc1)C=C(c1ccccc1)N2)c1cccnc1. The molecule has 1 amide bonds. The maximum atomic E-state index is 12.5. The molecule has 7 nitrogen and oxygen atoms in total. The molecule has 1 aliphatic rings. The topological polar surface area (TPSA) is 84.7 Å². The fourth-order valence-corrected chi connectivity index (χ4v) is 3.53. The van der Waals surface area contributed by atoms with Crippen LogP contribution in [0.3, 0.4) is 0 Å². The smallest absolute Gasteiger partial charge is 0.259 e. The molecular weight excluding hydrogens is 412 g/mol. The first-order valence-electron chi connectivity index (χ1n) is 9.65. The number of carbonyl (C=O) groups is 1. The summed E-state index contributed by atoms with van der Waals surface area (Å²) in [5.74, 6) is 0.413. The average molecular weight is 429 g/mol. The van der Waals surface area contributed by atoms with E-state index in [1.54, 1.807) is 23.0 Å². The number of benzene rings is 2. The van der Waals surface area contributed by atoms with Gasteiger partial charge in [-0.1, -0.05) is 54.1 Å². The predicted molar refractivity (Wildman–Crippen MR) is 120 cm³/mol. The van der Waals surface area contributed by atoms with Crippen LogP contribution in [0.4, 0.5) is 11.9 Å². The second-order valence-corrected chi connectivity index (χ2v) is 7.40. The minimum atomic E-state index is -0.324. The third-order valence-electron chi connectivity index (χ3n) is 4.91. The fourth-order valence-electron chi connectivity index (χ4n) is 3.40. The number of allylic oxidation sites excluding steroid dienone is 1. The molecule has 2 aromatic carbocycles. The monoisotopic (exact) mass is 428 g/mol. The normalized spacial score (nSPS) is 14.9. The van der Waals surface area contributed by atoms with Gasteiger partial charge in [0.25, 0.3) is 11.9 Å². The van der Waals surface area contributed by atoms with Crippen molar-refractivity contribution in [2.75, 3.05) is 10.6 Å². The van der Waals surface area contributed by atoms with E-state index in [2.05, 4.69) is 31.8 Å². The lowest BCUT2D eigenvalue weighted by Gasteiger charge is -2.24. The van der Waals surface area contributed by atoms with E-state index >= 15 is 0 Å². The first kappa shape index (κ1) is 19.0. The largest absolute Gasteiger partial charge is 0.324 e. The van der Waals surface area contributed by atoms with E-state index in [1.165, 1.54) is 6.20 Å². The molecule has 5 rings (SSSR count). The summed E-state index contributed by atoms with van der Waals surface area (Å²) in [6.45, 7) is 0. The van der Waals surface area contributed by atoms with Gasteiger partial charge in [-0.3, -0.25) is 15.1 Å². The number of hydrogen-bond donors (Lipinski definition) is 2. The van der Waals surface area contributed by atoms with E-state index in [1.807, 2.05) is 54.6 Å². The van der Waals surface area contributed by atoms with Crippen molar-refractivity contribution in [3.05, 3.63) is 107 Å². The number of halogens is 1. The summed E-state index contributed by atoms with van der Waals surface area (Å²) in [7, 11) is 0. The number of rotatable bonds is 4. The first-order valence-corrected chi connectivity index (χ1v) is 10.0. The van der Waals surface area contributed by atoms with Gasteiger partial charge in [-0.15, -0.1) is 5.10 Å². The molecule has 0 saturated heterocycles. The minimum Gasteiger partial charge on any atom is -0.324 e. The minimum absolute atomic E-state index is 0.207. The predicted octanol–water partition coefficient (Wildman–Crippen LogP) is 4.63. The molecule has 1 atom stereocenters. The van der Waals surface area contributed by atoms with Crippen LogP contribution in [0.5, 0.6) is 0 Å². The molecule has 0 spiro atoms. The Bertz CT molecular complexity index is 1250. The summed E-state index contributed by atoms with van der Waals surface area (Å²) >= 11 is 6.08. The van der Waals surface area contributed by atoms with Gasteiger partial charge in [0.05, 0.1) is 5.56 Å². The maximum Gasteiger partial charge on any atom is 0.259 e. The highest BCUT2D eigenvalue weighted by Gasteiger charge is 2.26. The van der Waals surface area contributed by atoms with Crippen LogP contribution in [-0.2, 0) is 0 Å². The zero-order chi connectivity index (χ0) is 21.2. The van der Waals surface area contributed by atoms with Crippen LogP contribution >= 0.6 is 11.6 Å². The summed E-state index contributed by atoms with van der Waals surface area (Å²) in [6, 6.07) is 20.7. The molecule has 0 saturated carbocycles. The van der Waals surface area contributed by atoms with Crippen molar-refractivity contribution in [1.82, 2.24) is 19.7 Å². The van der Waals surface area contributed by atoms with Gasteiger partial charge in [-0.05, 0) is 41.5 Å². The van der Waals surface area contributed by atoms with Gasteiger partial charge in [0, 0.05) is 23.1 Å². The molecule has 0 aliphatic carbocycles. The van der Waals surface area contributed by atoms with Crippen molar-refractivity contribution in [2.45, 2.75) is 6.04 Å². The van der Waals surface area contributed by atoms with Crippen LogP contribution in [0.2, 0.25) is 5.02 Å². The molecule has 8 heteroatoms. The number of carbonyl (C=O) groups excluding carboxylic acids is 1. The summed E-state index contributed by atoms with van der Waals surface area (Å²) < 4.78 is 1.74. The quantitative estimate of drug-likeness (QED) is 0.495. The number of aromatic nitrogens is 4. The lowest BCUT2D eigenvalue weighted by Crippen LogP contribution is -2.20. The third kappa shape index (κ3) is 3.91. The number of hydrogen-bond acceptors (Lipinski definition) is 5. The van der Waals surface area contributed by atoms with Crippen LogP contribution in [0.15, 0.2) is 85.2 Å². The second-order valence-electron chi connectivity index (χ2n) is 6.97. The molecule has 1 unspecified atom stereocenters. The van der Waals surface area contributed by atoms with Crippen molar-refractivity contribution in [3.8, 4) is 0 Å². The first-order chi connectivity index (χ1) is 15.2. The highest BCUT2D eigenvalue weighted by Crippen LogP contribution is 2.33. The fraction of sp³-hybridized carbons (Fsp3) is 0.0435. The van der Waals surface area contributed by atoms with Crippen molar-refractivity contribution in [2.24, 2.45) is 0 Å². The highest BCUT2D eigenvalue weighted by molar-refractivity contribution is 6.30. The zero-order valence-electron chi connectivity index (χ0n) is 16.2. The lowest BCUT2D eigenvalue weighted by atomic mass is 10.0. The molecular formula is C23H17ClN6O. The molecule has 1 aliphatic heterocycles. The average Bonchev–Trinajstić information content (AvgIpc) is 3.22. The Morgan fingerprint density at radius 1 is 1.03 bits per heavy atom. The molecule has 152 valence electrons. The number of pyridine rings is 1. The highest BCUT2D eigenvalue weighted by atomic mass is 35.5. The Balaban J connectivity index is 1.51. The second kappa shape index (κ2) is 8.04. The van der Waals surface area contributed by atoms with Crippen LogP contribution < -0.4 is 10.6 Å². The van der Waals surface area contributed by atoms with Crippen LogP contribution in [0.25, 0.3) is 5.70 Å². The summed E-state index contributed by atoms with van der Waals surface area (Å²) in [6.07, 6.45) is 5.18. The van der Waals surface area contributed by atoms with E-state index in [0.29, 0.717) is 16.5 Å². The molecule has 3 heterocycles. The molecule has 2 aromatic heterocycles. The van der Waals surface area contributed by atoms with E-state index < -0.39 is 0 Å². The molecule has 0 bridgehead atoms. The van der Waals surface area contributed by atoms with E-state index in [0.717, 1.165) is 16.8 Å². The van der Waals surface area contributed by atoms with Gasteiger partial charge in [0.1, 0.15) is 6.04 Å². The number of anilines is 2. The van der Waals surface area contributed by atoms with Gasteiger partial charge < -0.3 is 5.32 Å². The van der Waals surface area contributed by atoms with Crippen molar-refractivity contribution in [1.29, 1.82) is 0 Å². The lowest BCUT2D eigenvalue weighted by molar-refractivity contribution is 0.102. The Morgan fingerprint density at radius 2 is 1.84 bits per heavy atom. The summed E-state index contributed by atoms with van der Waals surface area (Å²) in [4.78, 5) is 21.0. The van der Waals surface area contributed by atoms with Crippen LogP contribution in [0, 0.1) is 0 Å². The molecule has 31 heavy (non-hydrogen) atoms. The van der Waals surface area contributed by atoms with E-state index in [4.69, 9.17) is 11.6 Å². The van der Waals surface area contributed by atoms with Crippen LogP contribution in [-0.4, -0.2) is 25.7 Å². The number of nitrogens with zero attached hydrogens (tertiary/aromatic N) is 4. The third-order valence-corrected chi connectivity index (χ3v) is 5.16. The molecule has 2 N–H and O–H groups in total. The van der Waals surface area contributed by atoms with Gasteiger partial charge in [0.2, 0.25) is 5.95 Å². The molecule has 0 fully saturated rings. The zero-order valence-corrected chi connectivity index (χ0v) is 17.0. The number of fused-ring (bicyclic) bond motifs is 1. The van der Waals surface area contributed by atoms with Gasteiger partial charge in [-0.2, -0.15) is 4.98 Å². The van der Waals surface area contributed by atoms with E-state index in [-0.39, 0.29) is 17.9 Å². The van der Waals surface area contributed by atoms with Crippen molar-refractivity contribution < 1.29 is 4.79 Å². The number of nitrogens with one attached hydrogen (secondary N) is 2. The van der Waals surface area contributed by atoms with Crippen LogP contribution in [0.1, 0.15) is 27.5 Å². The Morgan fingerprint density at radius 3 is 2.58 bits per heavy atom.